The summed E-state index contributed by atoms with van der Waals surface area (Å²) in [4.78, 5) is 5.01. The number of fused-ring (bicyclic) bond motifs is 2. The molecule has 2 bridgehead atoms. The Hall–Kier alpha value is -2.28. The van der Waals surface area contributed by atoms with E-state index in [1.165, 1.54) is 11.1 Å². The van der Waals surface area contributed by atoms with Gasteiger partial charge < -0.3 is 19.4 Å². The van der Waals surface area contributed by atoms with Gasteiger partial charge >= 0.3 is 0 Å². The molecule has 5 nitrogen and oxygen atoms in total. The second kappa shape index (κ2) is 8.39. The standard InChI is InChI=1S/C22H25N3O2S/c1-26-20-7-6-17(11-21(20)27-2)24-22(28)12-18-15-4-3-5-16(10-15)19(18)13-25-9-8-23-14-25/h3-11,14,18-21H,12-13H2,1-2H3,(H,24,28). The van der Waals surface area contributed by atoms with Crippen LogP contribution in [0.3, 0.4) is 0 Å². The smallest absolute Gasteiger partial charge is 0.107 e. The van der Waals surface area contributed by atoms with Gasteiger partial charge in [-0.25, -0.2) is 4.98 Å². The van der Waals surface area contributed by atoms with Crippen molar-refractivity contribution in [2.24, 2.45) is 0 Å². The molecule has 1 aromatic heterocycles. The van der Waals surface area contributed by atoms with E-state index in [1.807, 2.05) is 36.9 Å². The van der Waals surface area contributed by atoms with Crippen LogP contribution >= 0.6 is 12.2 Å². The van der Waals surface area contributed by atoms with E-state index in [-0.39, 0.29) is 12.2 Å². The quantitative estimate of drug-likeness (QED) is 0.727. The molecule has 1 aromatic carbocycles. The van der Waals surface area contributed by atoms with Gasteiger partial charge in [0.05, 0.1) is 11.3 Å². The number of aromatic nitrogens is 2. The summed E-state index contributed by atoms with van der Waals surface area (Å²) < 4.78 is 13.1. The summed E-state index contributed by atoms with van der Waals surface area (Å²) in [6.07, 6.45) is 12.4. The van der Waals surface area contributed by atoms with E-state index in [0.717, 1.165) is 23.7 Å². The van der Waals surface area contributed by atoms with Gasteiger partial charge in [-0.3, -0.25) is 0 Å². The minimum atomic E-state index is -0.115. The van der Waals surface area contributed by atoms with Crippen molar-refractivity contribution < 1.29 is 9.47 Å². The topological polar surface area (TPSA) is 48.3 Å². The molecule has 2 aliphatic carbocycles. The Labute approximate surface area is 171 Å². The molecule has 6 heteroatoms. The highest BCUT2D eigenvalue weighted by Gasteiger charge is 2.32. The van der Waals surface area contributed by atoms with Gasteiger partial charge in [0.25, 0.3) is 0 Å². The zero-order valence-corrected chi connectivity index (χ0v) is 16.9. The van der Waals surface area contributed by atoms with E-state index < -0.39 is 0 Å². The lowest BCUT2D eigenvalue weighted by Crippen LogP contribution is -2.32. The number of allylic oxidation sites excluding steroid dienone is 1. The van der Waals surface area contributed by atoms with Crippen LogP contribution in [-0.2, 0) is 16.0 Å². The van der Waals surface area contributed by atoms with E-state index in [0.29, 0.717) is 11.8 Å². The monoisotopic (exact) mass is 395 g/mol. The number of hydrogen-bond donors (Lipinski definition) is 1. The van der Waals surface area contributed by atoms with Crippen LogP contribution in [0.2, 0.25) is 0 Å². The maximum absolute atomic E-state index is 5.72. The molecule has 28 heavy (non-hydrogen) atoms. The van der Waals surface area contributed by atoms with Crippen molar-refractivity contribution in [2.45, 2.75) is 37.0 Å². The molecule has 0 saturated carbocycles. The van der Waals surface area contributed by atoms with Crippen molar-refractivity contribution in [3.8, 4) is 0 Å². The van der Waals surface area contributed by atoms with Gasteiger partial charge in [0.15, 0.2) is 0 Å². The normalized spacial score (nSPS) is 25.6. The molecule has 146 valence electrons. The summed E-state index contributed by atoms with van der Waals surface area (Å²) in [5.74, 6) is 0.768. The van der Waals surface area contributed by atoms with Crippen molar-refractivity contribution in [3.05, 3.63) is 78.0 Å². The molecule has 1 N–H and O–H groups in total. The highest BCUT2D eigenvalue weighted by molar-refractivity contribution is 7.80. The Morgan fingerprint density at radius 2 is 1.96 bits per heavy atom. The fourth-order valence-electron chi connectivity index (χ4n) is 4.14. The van der Waals surface area contributed by atoms with Gasteiger partial charge in [0.2, 0.25) is 0 Å². The third kappa shape index (κ3) is 3.94. The molecule has 0 fully saturated rings. The number of nitrogens with one attached hydrogen (secondary N) is 1. The largest absolute Gasteiger partial charge is 0.374 e. The Morgan fingerprint density at radius 1 is 1.18 bits per heavy atom. The molecular formula is C22H25N3O2S. The number of rotatable bonds is 7. The van der Waals surface area contributed by atoms with Crippen LogP contribution in [0.5, 0.6) is 0 Å². The van der Waals surface area contributed by atoms with Crippen LogP contribution in [-0.4, -0.2) is 41.0 Å². The number of imidazole rings is 1. The van der Waals surface area contributed by atoms with Crippen LogP contribution in [0.25, 0.3) is 0 Å². The lowest BCUT2D eigenvalue weighted by molar-refractivity contribution is 0.0133. The van der Waals surface area contributed by atoms with E-state index >= 15 is 0 Å². The second-order valence-electron chi connectivity index (χ2n) is 7.28. The van der Waals surface area contributed by atoms with Gasteiger partial charge in [0, 0.05) is 51.2 Å². The van der Waals surface area contributed by atoms with Crippen LogP contribution in [0.15, 0.2) is 66.9 Å². The molecule has 4 unspecified atom stereocenters. The second-order valence-corrected chi connectivity index (χ2v) is 7.77. The van der Waals surface area contributed by atoms with Gasteiger partial charge in [0.1, 0.15) is 12.2 Å². The Bertz CT molecular complexity index is 891. The molecule has 4 atom stereocenters. The molecule has 2 aromatic rings. The minimum Gasteiger partial charge on any atom is -0.374 e. The lowest BCUT2D eigenvalue weighted by Gasteiger charge is -2.26. The SMILES string of the molecule is COC1C=CC(NC(=S)CC2c3cccc(c3)C2Cn2ccnc2)=CC1OC. The highest BCUT2D eigenvalue weighted by Crippen LogP contribution is 2.43. The number of benzene rings is 1. The van der Waals surface area contributed by atoms with Crippen LogP contribution in [0.4, 0.5) is 0 Å². The third-order valence-electron chi connectivity index (χ3n) is 5.59. The number of methoxy groups -OCH3 is 2. The summed E-state index contributed by atoms with van der Waals surface area (Å²) in [7, 11) is 3.38. The summed E-state index contributed by atoms with van der Waals surface area (Å²) in [6.45, 7) is 0.907. The van der Waals surface area contributed by atoms with E-state index in [4.69, 9.17) is 21.7 Å². The molecule has 0 saturated heterocycles. The molecule has 1 heterocycles. The maximum Gasteiger partial charge on any atom is 0.107 e. The van der Waals surface area contributed by atoms with Crippen LogP contribution in [0, 0.1) is 0 Å². The molecule has 0 amide bonds. The van der Waals surface area contributed by atoms with Crippen molar-refractivity contribution >= 4 is 17.2 Å². The van der Waals surface area contributed by atoms with Gasteiger partial charge in [-0.05, 0) is 29.2 Å². The first-order chi connectivity index (χ1) is 13.7. The average molecular weight is 396 g/mol. The molecule has 0 aliphatic heterocycles. The van der Waals surface area contributed by atoms with Gasteiger partial charge in [-0.15, -0.1) is 0 Å². The van der Waals surface area contributed by atoms with E-state index in [1.54, 1.807) is 14.2 Å². The van der Waals surface area contributed by atoms with Crippen molar-refractivity contribution in [1.29, 1.82) is 0 Å². The number of ether oxygens (including phenoxy) is 2. The minimum absolute atomic E-state index is 0.0695. The van der Waals surface area contributed by atoms with Gasteiger partial charge in [-0.2, -0.15) is 0 Å². The van der Waals surface area contributed by atoms with Crippen molar-refractivity contribution in [3.63, 3.8) is 0 Å². The zero-order valence-electron chi connectivity index (χ0n) is 16.1. The summed E-state index contributed by atoms with van der Waals surface area (Å²) in [6, 6.07) is 8.86. The number of thiocarbonyl (C=S) groups is 1. The average Bonchev–Trinajstić information content (AvgIpc) is 3.30. The van der Waals surface area contributed by atoms with Crippen LogP contribution in [0.1, 0.15) is 29.4 Å². The first kappa shape index (κ1) is 19.1. The summed E-state index contributed by atoms with van der Waals surface area (Å²) in [5.41, 5.74) is 3.69. The van der Waals surface area contributed by atoms with Crippen molar-refractivity contribution in [2.75, 3.05) is 14.2 Å². The first-order valence-corrected chi connectivity index (χ1v) is 9.90. The van der Waals surface area contributed by atoms with E-state index in [9.17, 15) is 0 Å². The zero-order chi connectivity index (χ0) is 19.5. The molecular weight excluding hydrogens is 370 g/mol. The maximum atomic E-state index is 5.72. The lowest BCUT2D eigenvalue weighted by atomic mass is 9.88. The Morgan fingerprint density at radius 3 is 2.68 bits per heavy atom. The molecule has 4 rings (SSSR count). The summed E-state index contributed by atoms with van der Waals surface area (Å²) >= 11 is 5.72. The summed E-state index contributed by atoms with van der Waals surface area (Å²) in [5, 5.41) is 3.39. The van der Waals surface area contributed by atoms with Crippen molar-refractivity contribution in [1.82, 2.24) is 14.9 Å². The Kier molecular flexibility index (Phi) is 5.71. The third-order valence-corrected chi connectivity index (χ3v) is 5.85. The number of hydrogen-bond acceptors (Lipinski definition) is 4. The first-order valence-electron chi connectivity index (χ1n) is 9.49. The highest BCUT2D eigenvalue weighted by atomic mass is 32.1. The fourth-order valence-corrected chi connectivity index (χ4v) is 4.44. The van der Waals surface area contributed by atoms with Crippen LogP contribution < -0.4 is 5.32 Å². The number of nitrogens with zero attached hydrogens (tertiary/aromatic N) is 2. The molecule has 2 aliphatic rings. The molecule has 0 radical (unpaired) electrons. The predicted octanol–water partition coefficient (Wildman–Crippen LogP) is 3.55. The predicted molar refractivity (Wildman–Crippen MR) is 113 cm³/mol. The van der Waals surface area contributed by atoms with Gasteiger partial charge in [-0.1, -0.05) is 42.6 Å². The fraction of sp³-hybridized carbons (Fsp3) is 0.364. The molecule has 0 spiro atoms. The van der Waals surface area contributed by atoms with E-state index in [2.05, 4.69) is 39.1 Å². The Balaban J connectivity index is 1.44.